The van der Waals surface area contributed by atoms with Gasteiger partial charge < -0.3 is 10.1 Å². The third kappa shape index (κ3) is 4.11. The van der Waals surface area contributed by atoms with Gasteiger partial charge >= 0.3 is 5.97 Å². The fourth-order valence-corrected chi connectivity index (χ4v) is 3.07. The van der Waals surface area contributed by atoms with Crippen LogP contribution in [0.4, 0.5) is 5.69 Å². The van der Waals surface area contributed by atoms with Gasteiger partial charge in [0.2, 0.25) is 0 Å². The van der Waals surface area contributed by atoms with Crippen molar-refractivity contribution in [3.05, 3.63) is 82.2 Å². The Morgan fingerprint density at radius 2 is 1.79 bits per heavy atom. The van der Waals surface area contributed by atoms with Crippen LogP contribution in [0.5, 0.6) is 0 Å². The second-order valence-electron chi connectivity index (χ2n) is 6.71. The maximum atomic E-state index is 12.6. The number of aryl methyl sites for hydroxylation is 2. The van der Waals surface area contributed by atoms with Gasteiger partial charge in [-0.15, -0.1) is 0 Å². The van der Waals surface area contributed by atoms with Crippen molar-refractivity contribution in [1.82, 2.24) is 9.78 Å². The first-order chi connectivity index (χ1) is 13.4. The van der Waals surface area contributed by atoms with E-state index in [1.807, 2.05) is 36.7 Å². The molecule has 1 heterocycles. The van der Waals surface area contributed by atoms with Crippen molar-refractivity contribution in [3.63, 3.8) is 0 Å². The van der Waals surface area contributed by atoms with Gasteiger partial charge in [-0.05, 0) is 62.2 Å². The van der Waals surface area contributed by atoms with Crippen molar-refractivity contribution in [2.45, 2.75) is 27.3 Å². The van der Waals surface area contributed by atoms with Gasteiger partial charge in [0.25, 0.3) is 5.91 Å². The number of hydrogen-bond donors (Lipinski definition) is 1. The Morgan fingerprint density at radius 3 is 2.39 bits per heavy atom. The minimum atomic E-state index is -0.429. The summed E-state index contributed by atoms with van der Waals surface area (Å²) in [4.78, 5) is 24.4. The highest BCUT2D eigenvalue weighted by Crippen LogP contribution is 2.20. The summed E-state index contributed by atoms with van der Waals surface area (Å²) < 4.78 is 6.71. The molecule has 0 bridgehead atoms. The molecule has 0 spiro atoms. The van der Waals surface area contributed by atoms with Crippen molar-refractivity contribution in [2.75, 3.05) is 12.4 Å². The highest BCUT2D eigenvalue weighted by molar-refractivity contribution is 6.05. The van der Waals surface area contributed by atoms with E-state index in [1.54, 1.807) is 37.3 Å². The molecule has 2 aromatic carbocycles. The number of anilines is 1. The van der Waals surface area contributed by atoms with E-state index in [4.69, 9.17) is 4.74 Å². The Bertz CT molecular complexity index is 1020. The minimum absolute atomic E-state index is 0.234. The number of nitrogens with zero attached hydrogens (tertiary/aromatic N) is 2. The van der Waals surface area contributed by atoms with Gasteiger partial charge in [0.05, 0.1) is 24.9 Å². The molecule has 0 radical (unpaired) electrons. The zero-order valence-electron chi connectivity index (χ0n) is 16.4. The summed E-state index contributed by atoms with van der Waals surface area (Å²) in [6.07, 6.45) is 0. The van der Waals surface area contributed by atoms with Crippen molar-refractivity contribution in [2.24, 2.45) is 0 Å². The topological polar surface area (TPSA) is 73.2 Å². The van der Waals surface area contributed by atoms with Crippen molar-refractivity contribution in [3.8, 4) is 0 Å². The van der Waals surface area contributed by atoms with Gasteiger partial charge in [0.15, 0.2) is 0 Å². The molecule has 3 aromatic rings. The molecule has 6 nitrogen and oxygen atoms in total. The smallest absolute Gasteiger partial charge is 0.338 e. The molecule has 0 saturated carbocycles. The molecule has 0 atom stereocenters. The van der Waals surface area contributed by atoms with Crippen LogP contribution in [0.1, 0.15) is 43.2 Å². The SMILES string of the molecule is COC(=O)c1cccc(NC(=O)c2ccc(Cn3nc(C)cc3C)cc2)c1C. The number of benzene rings is 2. The van der Waals surface area contributed by atoms with Crippen LogP contribution in [0.2, 0.25) is 0 Å². The zero-order valence-corrected chi connectivity index (χ0v) is 16.4. The van der Waals surface area contributed by atoms with Gasteiger partial charge in [0, 0.05) is 16.9 Å². The lowest BCUT2D eigenvalue weighted by molar-refractivity contribution is 0.0599. The summed E-state index contributed by atoms with van der Waals surface area (Å²) in [5.74, 6) is -0.662. The number of nitrogens with one attached hydrogen (secondary N) is 1. The zero-order chi connectivity index (χ0) is 20.3. The summed E-state index contributed by atoms with van der Waals surface area (Å²) >= 11 is 0. The molecular weight excluding hydrogens is 354 g/mol. The number of carbonyl (C=O) groups excluding carboxylic acids is 2. The number of ether oxygens (including phenoxy) is 1. The molecule has 0 aliphatic carbocycles. The average Bonchev–Trinajstić information content (AvgIpc) is 3.00. The Kier molecular flexibility index (Phi) is 5.59. The van der Waals surface area contributed by atoms with Gasteiger partial charge in [-0.2, -0.15) is 5.10 Å². The maximum absolute atomic E-state index is 12.6. The van der Waals surface area contributed by atoms with Crippen LogP contribution >= 0.6 is 0 Å². The predicted octanol–water partition coefficient (Wildman–Crippen LogP) is 3.90. The number of esters is 1. The Morgan fingerprint density at radius 1 is 1.07 bits per heavy atom. The monoisotopic (exact) mass is 377 g/mol. The average molecular weight is 377 g/mol. The second-order valence-corrected chi connectivity index (χ2v) is 6.71. The van der Waals surface area contributed by atoms with E-state index in [-0.39, 0.29) is 5.91 Å². The van der Waals surface area contributed by atoms with Crippen molar-refractivity contribution >= 4 is 17.6 Å². The van der Waals surface area contributed by atoms with E-state index in [2.05, 4.69) is 10.4 Å². The number of amides is 1. The molecule has 28 heavy (non-hydrogen) atoms. The molecular formula is C22H23N3O3. The Hall–Kier alpha value is -3.41. The first-order valence-electron chi connectivity index (χ1n) is 8.98. The van der Waals surface area contributed by atoms with Crippen LogP contribution in [0.25, 0.3) is 0 Å². The standard InChI is InChI=1S/C22H23N3O3/c1-14-12-15(2)25(24-14)13-17-8-10-18(11-9-17)21(26)23-20-7-5-6-19(16(20)3)22(27)28-4/h5-12H,13H2,1-4H3,(H,23,26). The molecule has 0 fully saturated rings. The number of methoxy groups -OCH3 is 1. The molecule has 0 aliphatic heterocycles. The van der Waals surface area contributed by atoms with Crippen LogP contribution in [0.3, 0.4) is 0 Å². The molecule has 1 amide bonds. The van der Waals surface area contributed by atoms with Crippen LogP contribution in [-0.4, -0.2) is 28.8 Å². The van der Waals surface area contributed by atoms with E-state index >= 15 is 0 Å². The molecule has 0 unspecified atom stereocenters. The lowest BCUT2D eigenvalue weighted by atomic mass is 10.1. The van der Waals surface area contributed by atoms with Gasteiger partial charge in [-0.1, -0.05) is 18.2 Å². The molecule has 6 heteroatoms. The lowest BCUT2D eigenvalue weighted by Gasteiger charge is -2.12. The third-order valence-electron chi connectivity index (χ3n) is 4.64. The van der Waals surface area contributed by atoms with E-state index < -0.39 is 5.97 Å². The normalized spacial score (nSPS) is 10.6. The van der Waals surface area contributed by atoms with Crippen LogP contribution in [-0.2, 0) is 11.3 Å². The summed E-state index contributed by atoms with van der Waals surface area (Å²) in [5.41, 5.74) is 5.37. The first kappa shape index (κ1) is 19.4. The predicted molar refractivity (Wildman–Crippen MR) is 108 cm³/mol. The van der Waals surface area contributed by atoms with Gasteiger partial charge in [-0.25, -0.2) is 4.79 Å². The van der Waals surface area contributed by atoms with E-state index in [0.29, 0.717) is 28.9 Å². The summed E-state index contributed by atoms with van der Waals surface area (Å²) in [6.45, 7) is 6.42. The Balaban J connectivity index is 1.73. The molecule has 0 aliphatic rings. The van der Waals surface area contributed by atoms with Crippen molar-refractivity contribution in [1.29, 1.82) is 0 Å². The summed E-state index contributed by atoms with van der Waals surface area (Å²) in [6, 6.07) is 14.6. The van der Waals surface area contributed by atoms with Crippen LogP contribution in [0, 0.1) is 20.8 Å². The number of carbonyl (C=O) groups is 2. The molecule has 3 rings (SSSR count). The third-order valence-corrected chi connectivity index (χ3v) is 4.64. The summed E-state index contributed by atoms with van der Waals surface area (Å²) in [5, 5.41) is 7.32. The molecule has 0 saturated heterocycles. The van der Waals surface area contributed by atoms with Crippen molar-refractivity contribution < 1.29 is 14.3 Å². The van der Waals surface area contributed by atoms with E-state index in [9.17, 15) is 9.59 Å². The van der Waals surface area contributed by atoms with Crippen LogP contribution in [0.15, 0.2) is 48.5 Å². The fraction of sp³-hybridized carbons (Fsp3) is 0.227. The quantitative estimate of drug-likeness (QED) is 0.685. The number of hydrogen-bond acceptors (Lipinski definition) is 4. The highest BCUT2D eigenvalue weighted by atomic mass is 16.5. The molecule has 1 N–H and O–H groups in total. The largest absolute Gasteiger partial charge is 0.465 e. The fourth-order valence-electron chi connectivity index (χ4n) is 3.07. The minimum Gasteiger partial charge on any atom is -0.465 e. The Labute approximate surface area is 164 Å². The van der Waals surface area contributed by atoms with Crippen LogP contribution < -0.4 is 5.32 Å². The lowest BCUT2D eigenvalue weighted by Crippen LogP contribution is -2.14. The second kappa shape index (κ2) is 8.08. The van der Waals surface area contributed by atoms with E-state index in [0.717, 1.165) is 17.0 Å². The summed E-state index contributed by atoms with van der Waals surface area (Å²) in [7, 11) is 1.33. The van der Waals surface area contributed by atoms with Gasteiger partial charge in [-0.3, -0.25) is 9.48 Å². The number of rotatable bonds is 5. The van der Waals surface area contributed by atoms with Gasteiger partial charge in [0.1, 0.15) is 0 Å². The first-order valence-corrected chi connectivity index (χ1v) is 8.98. The maximum Gasteiger partial charge on any atom is 0.338 e. The molecule has 144 valence electrons. The number of aromatic nitrogens is 2. The van der Waals surface area contributed by atoms with E-state index in [1.165, 1.54) is 7.11 Å². The molecule has 1 aromatic heterocycles. The highest BCUT2D eigenvalue weighted by Gasteiger charge is 2.14.